The van der Waals surface area contributed by atoms with Crippen LogP contribution in [0.4, 0.5) is 0 Å². The molecule has 0 N–H and O–H groups in total. The predicted octanol–water partition coefficient (Wildman–Crippen LogP) is 1.72. The van der Waals surface area contributed by atoms with E-state index in [-0.39, 0.29) is 11.4 Å². The molecule has 1 rings (SSSR count). The summed E-state index contributed by atoms with van der Waals surface area (Å²) in [5.41, 5.74) is 0.0556. The van der Waals surface area contributed by atoms with Crippen molar-refractivity contribution in [3.8, 4) is 0 Å². The molecule has 1 aliphatic rings. The van der Waals surface area contributed by atoms with Crippen LogP contribution in [-0.2, 0) is 9.53 Å². The van der Waals surface area contributed by atoms with Crippen LogP contribution in [0.2, 0.25) is 0 Å². The second-order valence-electron chi connectivity index (χ2n) is 2.62. The van der Waals surface area contributed by atoms with Crippen LogP contribution in [0.25, 0.3) is 0 Å². The maximum atomic E-state index is 9.69. The third-order valence-electron chi connectivity index (χ3n) is 1.32. The summed E-state index contributed by atoms with van der Waals surface area (Å²) in [6.07, 6.45) is 3.10. The quantitative estimate of drug-likeness (QED) is 0.344. The number of ketones is 1. The molecule has 0 aromatic heterocycles. The van der Waals surface area contributed by atoms with E-state index in [0.717, 1.165) is 6.61 Å². The summed E-state index contributed by atoms with van der Waals surface area (Å²) in [5.74, 6) is 0.0185. The van der Waals surface area contributed by atoms with Crippen molar-refractivity contribution in [2.45, 2.75) is 19.4 Å². The monoisotopic (exact) mass is 154 g/mol. The van der Waals surface area contributed by atoms with Crippen LogP contribution in [0.15, 0.2) is 25.3 Å². The van der Waals surface area contributed by atoms with Gasteiger partial charge in [0.25, 0.3) is 0 Å². The van der Waals surface area contributed by atoms with E-state index in [1.165, 1.54) is 13.0 Å². The molecule has 1 saturated heterocycles. The molecule has 1 heterocycles. The lowest BCUT2D eigenvalue weighted by Gasteiger charge is -1.86. The lowest BCUT2D eigenvalue weighted by atomic mass is 10.2. The van der Waals surface area contributed by atoms with E-state index in [1.54, 1.807) is 0 Å². The molecule has 0 aromatic carbocycles. The van der Waals surface area contributed by atoms with E-state index in [1.807, 2.05) is 13.0 Å². The molecule has 0 spiro atoms. The van der Waals surface area contributed by atoms with Gasteiger partial charge in [-0.15, -0.1) is 6.58 Å². The lowest BCUT2D eigenvalue weighted by molar-refractivity contribution is -0.112. The summed E-state index contributed by atoms with van der Waals surface area (Å²) in [6.45, 7) is 11.1. The summed E-state index contributed by atoms with van der Waals surface area (Å²) in [4.78, 5) is 9.69. The van der Waals surface area contributed by atoms with Gasteiger partial charge in [0, 0.05) is 0 Å². The van der Waals surface area contributed by atoms with Gasteiger partial charge < -0.3 is 4.74 Å². The number of carbonyl (C=O) groups excluding carboxylic acids is 1. The number of carbonyl (C=O) groups is 1. The van der Waals surface area contributed by atoms with Crippen LogP contribution < -0.4 is 0 Å². The molecule has 62 valence electrons. The first-order chi connectivity index (χ1) is 5.04. The Hall–Kier alpha value is -0.890. The van der Waals surface area contributed by atoms with Crippen molar-refractivity contribution in [1.29, 1.82) is 0 Å². The van der Waals surface area contributed by atoms with E-state index in [2.05, 4.69) is 13.2 Å². The van der Waals surface area contributed by atoms with Gasteiger partial charge in [0.05, 0.1) is 6.61 Å². The molecular formula is C9H14O2. The van der Waals surface area contributed by atoms with Crippen LogP contribution in [0.3, 0.4) is 0 Å². The Morgan fingerprint density at radius 1 is 1.64 bits per heavy atom. The van der Waals surface area contributed by atoms with Gasteiger partial charge in [-0.05, 0) is 19.9 Å². The van der Waals surface area contributed by atoms with Crippen LogP contribution in [-0.4, -0.2) is 18.0 Å². The fraction of sp³-hybridized carbons (Fsp3) is 0.444. The SMILES string of the molecule is C=CC(C)=O.C=CC1(C)CO1. The number of rotatable bonds is 2. The highest BCUT2D eigenvalue weighted by atomic mass is 16.6. The zero-order chi connectivity index (χ0) is 8.91. The van der Waals surface area contributed by atoms with Gasteiger partial charge in [0.1, 0.15) is 5.60 Å². The minimum absolute atomic E-state index is 0.0185. The third-order valence-corrected chi connectivity index (χ3v) is 1.32. The Labute approximate surface area is 67.6 Å². The molecule has 0 radical (unpaired) electrons. The smallest absolute Gasteiger partial charge is 0.152 e. The molecule has 2 heteroatoms. The summed E-state index contributed by atoms with van der Waals surface area (Å²) in [6, 6.07) is 0. The number of hydrogen-bond acceptors (Lipinski definition) is 2. The van der Waals surface area contributed by atoms with Crippen LogP contribution in [0.1, 0.15) is 13.8 Å². The molecule has 0 amide bonds. The van der Waals surface area contributed by atoms with Gasteiger partial charge >= 0.3 is 0 Å². The maximum absolute atomic E-state index is 9.69. The van der Waals surface area contributed by atoms with E-state index >= 15 is 0 Å². The summed E-state index contributed by atoms with van der Waals surface area (Å²) in [7, 11) is 0. The largest absolute Gasteiger partial charge is 0.365 e. The van der Waals surface area contributed by atoms with Crippen molar-refractivity contribution in [2.24, 2.45) is 0 Å². The number of allylic oxidation sites excluding steroid dienone is 1. The third kappa shape index (κ3) is 5.55. The Morgan fingerprint density at radius 3 is 2.00 bits per heavy atom. The zero-order valence-corrected chi connectivity index (χ0v) is 7.09. The van der Waals surface area contributed by atoms with Crippen LogP contribution in [0, 0.1) is 0 Å². The first-order valence-corrected chi connectivity index (χ1v) is 3.44. The van der Waals surface area contributed by atoms with Crippen LogP contribution >= 0.6 is 0 Å². The highest BCUT2D eigenvalue weighted by Gasteiger charge is 2.34. The fourth-order valence-electron chi connectivity index (χ4n) is 0.232. The van der Waals surface area contributed by atoms with Crippen molar-refractivity contribution < 1.29 is 9.53 Å². The Balaban J connectivity index is 0.000000187. The first kappa shape index (κ1) is 10.1. The molecule has 0 aromatic rings. The number of ether oxygens (including phenoxy) is 1. The maximum Gasteiger partial charge on any atom is 0.152 e. The average Bonchev–Trinajstić information content (AvgIpc) is 2.71. The molecule has 1 atom stereocenters. The van der Waals surface area contributed by atoms with Gasteiger partial charge in [0.2, 0.25) is 0 Å². The van der Waals surface area contributed by atoms with Crippen molar-refractivity contribution in [2.75, 3.05) is 6.61 Å². The van der Waals surface area contributed by atoms with E-state index < -0.39 is 0 Å². The standard InChI is InChI=1S/C5H8O.C4H6O/c1-3-5(2)4-6-5;1-3-4(2)5/h3H,1,4H2,2H3;3H,1H2,2H3. The van der Waals surface area contributed by atoms with Gasteiger partial charge in [-0.2, -0.15) is 0 Å². The molecule has 0 saturated carbocycles. The Bertz CT molecular complexity index is 166. The minimum Gasteiger partial charge on any atom is -0.365 e. The second kappa shape index (κ2) is 4.09. The topological polar surface area (TPSA) is 29.6 Å². The van der Waals surface area contributed by atoms with E-state index in [0.29, 0.717) is 0 Å². The molecule has 0 bridgehead atoms. The molecule has 2 nitrogen and oxygen atoms in total. The van der Waals surface area contributed by atoms with E-state index in [4.69, 9.17) is 4.74 Å². The lowest BCUT2D eigenvalue weighted by Crippen LogP contribution is -1.94. The van der Waals surface area contributed by atoms with Crippen molar-refractivity contribution in [3.63, 3.8) is 0 Å². The van der Waals surface area contributed by atoms with Crippen molar-refractivity contribution in [3.05, 3.63) is 25.3 Å². The minimum atomic E-state index is 0.0185. The first-order valence-electron chi connectivity index (χ1n) is 3.44. The number of hydrogen-bond donors (Lipinski definition) is 0. The van der Waals surface area contributed by atoms with Crippen LogP contribution in [0.5, 0.6) is 0 Å². The molecule has 1 unspecified atom stereocenters. The highest BCUT2D eigenvalue weighted by Crippen LogP contribution is 2.25. The average molecular weight is 154 g/mol. The van der Waals surface area contributed by atoms with Gasteiger partial charge in [-0.25, -0.2) is 0 Å². The van der Waals surface area contributed by atoms with E-state index in [9.17, 15) is 4.79 Å². The van der Waals surface area contributed by atoms with Crippen molar-refractivity contribution in [1.82, 2.24) is 0 Å². The molecule has 0 aliphatic carbocycles. The van der Waals surface area contributed by atoms with Gasteiger partial charge in [-0.1, -0.05) is 12.7 Å². The van der Waals surface area contributed by atoms with Gasteiger partial charge in [-0.3, -0.25) is 4.79 Å². The summed E-state index contributed by atoms with van der Waals surface area (Å²) in [5, 5.41) is 0. The molecule has 11 heavy (non-hydrogen) atoms. The highest BCUT2D eigenvalue weighted by molar-refractivity contribution is 5.86. The van der Waals surface area contributed by atoms with Gasteiger partial charge in [0.15, 0.2) is 5.78 Å². The Kier molecular flexibility index (Phi) is 3.76. The zero-order valence-electron chi connectivity index (χ0n) is 7.09. The fourth-order valence-corrected chi connectivity index (χ4v) is 0.232. The number of epoxide rings is 1. The van der Waals surface area contributed by atoms with Crippen molar-refractivity contribution >= 4 is 5.78 Å². The summed E-state index contributed by atoms with van der Waals surface area (Å²) >= 11 is 0. The molecular weight excluding hydrogens is 140 g/mol. The molecule has 1 aliphatic heterocycles. The normalized spacial score (nSPS) is 26.0. The predicted molar refractivity (Wildman–Crippen MR) is 45.4 cm³/mol. The second-order valence-corrected chi connectivity index (χ2v) is 2.62. The Morgan fingerprint density at radius 2 is 2.00 bits per heavy atom. The summed E-state index contributed by atoms with van der Waals surface area (Å²) < 4.78 is 4.93. The molecule has 1 fully saturated rings.